The highest BCUT2D eigenvalue weighted by atomic mass is 16.2. The Morgan fingerprint density at radius 3 is 2.52 bits per heavy atom. The minimum Gasteiger partial charge on any atom is -0.372 e. The van der Waals surface area contributed by atoms with Crippen LogP contribution < -0.4 is 16.0 Å². The average molecular weight is 291 g/mol. The molecule has 0 saturated heterocycles. The Morgan fingerprint density at radius 1 is 1.29 bits per heavy atom. The summed E-state index contributed by atoms with van der Waals surface area (Å²) >= 11 is 0. The van der Waals surface area contributed by atoms with Crippen molar-refractivity contribution in [3.8, 4) is 0 Å². The smallest absolute Gasteiger partial charge is 0.236 e. The molecular weight excluding hydrogens is 262 g/mol. The minimum atomic E-state index is -0.388. The van der Waals surface area contributed by atoms with Crippen LogP contribution in [0.25, 0.3) is 0 Å². The summed E-state index contributed by atoms with van der Waals surface area (Å²) in [5.74, 6) is 0.408. The van der Waals surface area contributed by atoms with Crippen molar-refractivity contribution >= 4 is 11.6 Å². The molecule has 0 aromatic heterocycles. The van der Waals surface area contributed by atoms with Crippen LogP contribution in [0.3, 0.4) is 0 Å². The van der Waals surface area contributed by atoms with Gasteiger partial charge in [-0.15, -0.1) is 0 Å². The quantitative estimate of drug-likeness (QED) is 0.687. The molecule has 0 unspecified atom stereocenters. The van der Waals surface area contributed by atoms with Gasteiger partial charge in [0.15, 0.2) is 0 Å². The van der Waals surface area contributed by atoms with Crippen LogP contribution in [-0.2, 0) is 4.79 Å². The zero-order chi connectivity index (χ0) is 15.7. The van der Waals surface area contributed by atoms with Crippen LogP contribution in [0.4, 0.5) is 5.69 Å². The van der Waals surface area contributed by atoms with Gasteiger partial charge in [-0.3, -0.25) is 4.79 Å². The van der Waals surface area contributed by atoms with E-state index >= 15 is 0 Å². The fraction of sp³-hybridized carbons (Fsp3) is 0.588. The van der Waals surface area contributed by atoms with E-state index in [2.05, 4.69) is 43.1 Å². The highest BCUT2D eigenvalue weighted by molar-refractivity contribution is 5.81. The zero-order valence-electron chi connectivity index (χ0n) is 13.5. The van der Waals surface area contributed by atoms with Crippen molar-refractivity contribution in [1.82, 2.24) is 5.32 Å². The standard InChI is InChI=1S/C17H29N3O/c1-4-20(15-9-6-5-7-10-15)12-8-11-19-17(21)16(18)13-14(2)3/h5-7,9-10,14,16H,4,8,11-13,18H2,1-3H3,(H,19,21)/t16-/m0/s1. The largest absolute Gasteiger partial charge is 0.372 e. The molecule has 0 spiro atoms. The van der Waals surface area contributed by atoms with Gasteiger partial charge in [-0.25, -0.2) is 0 Å². The number of para-hydroxylation sites is 1. The van der Waals surface area contributed by atoms with Crippen LogP contribution in [-0.4, -0.2) is 31.6 Å². The maximum atomic E-state index is 11.8. The molecule has 1 amide bonds. The number of carbonyl (C=O) groups excluding carboxylic acids is 1. The molecule has 21 heavy (non-hydrogen) atoms. The highest BCUT2D eigenvalue weighted by Gasteiger charge is 2.14. The molecule has 0 aliphatic rings. The molecular formula is C17H29N3O. The maximum Gasteiger partial charge on any atom is 0.236 e. The number of nitrogens with zero attached hydrogens (tertiary/aromatic N) is 1. The first-order chi connectivity index (χ1) is 10.0. The van der Waals surface area contributed by atoms with Gasteiger partial charge in [0, 0.05) is 25.3 Å². The molecule has 1 atom stereocenters. The summed E-state index contributed by atoms with van der Waals surface area (Å²) in [6, 6.07) is 9.95. The molecule has 3 N–H and O–H groups in total. The molecule has 118 valence electrons. The molecule has 1 aromatic carbocycles. The predicted octanol–water partition coefficient (Wildman–Crippen LogP) is 2.39. The van der Waals surface area contributed by atoms with Crippen molar-refractivity contribution in [2.75, 3.05) is 24.5 Å². The summed E-state index contributed by atoms with van der Waals surface area (Å²) in [5.41, 5.74) is 7.08. The van der Waals surface area contributed by atoms with Crippen molar-refractivity contribution < 1.29 is 4.79 Å². The van der Waals surface area contributed by atoms with E-state index in [1.165, 1.54) is 5.69 Å². The number of benzene rings is 1. The van der Waals surface area contributed by atoms with Crippen LogP contribution >= 0.6 is 0 Å². The van der Waals surface area contributed by atoms with Crippen molar-refractivity contribution in [2.24, 2.45) is 11.7 Å². The van der Waals surface area contributed by atoms with E-state index in [0.29, 0.717) is 12.5 Å². The van der Waals surface area contributed by atoms with Gasteiger partial charge < -0.3 is 16.0 Å². The lowest BCUT2D eigenvalue weighted by Crippen LogP contribution is -2.42. The normalized spacial score (nSPS) is 12.2. The summed E-state index contributed by atoms with van der Waals surface area (Å²) < 4.78 is 0. The maximum absolute atomic E-state index is 11.8. The summed E-state index contributed by atoms with van der Waals surface area (Å²) in [4.78, 5) is 14.1. The fourth-order valence-electron chi connectivity index (χ4n) is 2.34. The molecule has 0 aliphatic carbocycles. The van der Waals surface area contributed by atoms with Gasteiger partial charge in [0.05, 0.1) is 6.04 Å². The topological polar surface area (TPSA) is 58.4 Å². The Bertz CT molecular complexity index is 406. The summed E-state index contributed by atoms with van der Waals surface area (Å²) in [7, 11) is 0. The molecule has 0 radical (unpaired) electrons. The van der Waals surface area contributed by atoms with Crippen molar-refractivity contribution in [3.63, 3.8) is 0 Å². The van der Waals surface area contributed by atoms with Gasteiger partial charge in [-0.2, -0.15) is 0 Å². The Morgan fingerprint density at radius 2 is 1.95 bits per heavy atom. The third-order valence-electron chi connectivity index (χ3n) is 3.47. The van der Waals surface area contributed by atoms with E-state index in [1.54, 1.807) is 0 Å². The first-order valence-corrected chi connectivity index (χ1v) is 7.87. The van der Waals surface area contributed by atoms with E-state index in [9.17, 15) is 4.79 Å². The second-order valence-electron chi connectivity index (χ2n) is 5.80. The van der Waals surface area contributed by atoms with Crippen molar-refractivity contribution in [3.05, 3.63) is 30.3 Å². The highest BCUT2D eigenvalue weighted by Crippen LogP contribution is 2.12. The van der Waals surface area contributed by atoms with Gasteiger partial charge in [0.1, 0.15) is 0 Å². The Labute approximate surface area is 128 Å². The lowest BCUT2D eigenvalue weighted by molar-refractivity contribution is -0.122. The van der Waals surface area contributed by atoms with Gasteiger partial charge >= 0.3 is 0 Å². The number of nitrogens with one attached hydrogen (secondary N) is 1. The molecule has 0 heterocycles. The number of hydrogen-bond acceptors (Lipinski definition) is 3. The summed E-state index contributed by atoms with van der Waals surface area (Å²) in [6.45, 7) is 8.86. The molecule has 1 aromatic rings. The lowest BCUT2D eigenvalue weighted by Gasteiger charge is -2.23. The number of amides is 1. The zero-order valence-corrected chi connectivity index (χ0v) is 13.5. The lowest BCUT2D eigenvalue weighted by atomic mass is 10.0. The Hall–Kier alpha value is -1.55. The monoisotopic (exact) mass is 291 g/mol. The molecule has 4 heteroatoms. The van der Waals surface area contributed by atoms with Crippen LogP contribution in [0.2, 0.25) is 0 Å². The number of rotatable bonds is 9. The van der Waals surface area contributed by atoms with E-state index in [0.717, 1.165) is 25.9 Å². The van der Waals surface area contributed by atoms with Crippen molar-refractivity contribution in [1.29, 1.82) is 0 Å². The van der Waals surface area contributed by atoms with Gasteiger partial charge in [0.2, 0.25) is 5.91 Å². The van der Waals surface area contributed by atoms with E-state index in [1.807, 2.05) is 18.2 Å². The van der Waals surface area contributed by atoms with Gasteiger partial charge in [-0.05, 0) is 37.8 Å². The first-order valence-electron chi connectivity index (χ1n) is 7.87. The minimum absolute atomic E-state index is 0.0357. The molecule has 0 saturated carbocycles. The fourth-order valence-corrected chi connectivity index (χ4v) is 2.34. The molecule has 0 fully saturated rings. The second kappa shape index (κ2) is 9.40. The van der Waals surface area contributed by atoms with Crippen LogP contribution in [0.1, 0.15) is 33.6 Å². The summed E-state index contributed by atoms with van der Waals surface area (Å²) in [5, 5.41) is 2.93. The van der Waals surface area contributed by atoms with E-state index in [4.69, 9.17) is 5.73 Å². The second-order valence-corrected chi connectivity index (χ2v) is 5.80. The number of hydrogen-bond donors (Lipinski definition) is 2. The van der Waals surface area contributed by atoms with Gasteiger partial charge in [-0.1, -0.05) is 32.0 Å². The van der Waals surface area contributed by atoms with E-state index < -0.39 is 0 Å². The SMILES string of the molecule is CCN(CCCNC(=O)[C@@H](N)CC(C)C)c1ccccc1. The molecule has 1 rings (SSSR count). The number of anilines is 1. The third-order valence-corrected chi connectivity index (χ3v) is 3.47. The van der Waals surface area contributed by atoms with Crippen LogP contribution in [0.5, 0.6) is 0 Å². The van der Waals surface area contributed by atoms with Crippen LogP contribution in [0, 0.1) is 5.92 Å². The molecule has 4 nitrogen and oxygen atoms in total. The van der Waals surface area contributed by atoms with Crippen LogP contribution in [0.15, 0.2) is 30.3 Å². The third kappa shape index (κ3) is 6.63. The number of carbonyl (C=O) groups is 1. The molecule has 0 bridgehead atoms. The number of nitrogens with two attached hydrogens (primary N) is 1. The molecule has 0 aliphatic heterocycles. The Balaban J connectivity index is 2.28. The first kappa shape index (κ1) is 17.5. The van der Waals surface area contributed by atoms with Crippen molar-refractivity contribution in [2.45, 2.75) is 39.7 Å². The van der Waals surface area contributed by atoms with Gasteiger partial charge in [0.25, 0.3) is 0 Å². The Kier molecular flexibility index (Phi) is 7.83. The summed E-state index contributed by atoms with van der Waals surface area (Å²) in [6.07, 6.45) is 1.65. The van der Waals surface area contributed by atoms with E-state index in [-0.39, 0.29) is 11.9 Å². The predicted molar refractivity (Wildman–Crippen MR) is 89.4 cm³/mol. The average Bonchev–Trinajstić information content (AvgIpc) is 2.47.